The van der Waals surface area contributed by atoms with Crippen molar-refractivity contribution in [3.05, 3.63) is 47.6 Å². The predicted octanol–water partition coefficient (Wildman–Crippen LogP) is 2.09. The van der Waals surface area contributed by atoms with Crippen LogP contribution >= 0.6 is 12.4 Å². The van der Waals surface area contributed by atoms with Crippen molar-refractivity contribution in [1.82, 2.24) is 15.0 Å². The number of rotatable bonds is 5. The number of carbonyl (C=O) groups is 1. The highest BCUT2D eigenvalue weighted by molar-refractivity contribution is 5.85. The second-order valence-electron chi connectivity index (χ2n) is 5.15. The highest BCUT2D eigenvalue weighted by Crippen LogP contribution is 2.21. The number of hydrogen-bond donors (Lipinski definition) is 1. The van der Waals surface area contributed by atoms with Crippen molar-refractivity contribution in [2.45, 2.75) is 26.4 Å². The van der Waals surface area contributed by atoms with E-state index in [0.29, 0.717) is 18.3 Å². The summed E-state index contributed by atoms with van der Waals surface area (Å²) in [5.74, 6) is 0.600. The van der Waals surface area contributed by atoms with Gasteiger partial charge in [-0.2, -0.15) is 4.98 Å². The van der Waals surface area contributed by atoms with E-state index in [1.54, 1.807) is 18.9 Å². The summed E-state index contributed by atoms with van der Waals surface area (Å²) in [7, 11) is 1.71. The lowest BCUT2D eigenvalue weighted by molar-refractivity contribution is -0.135. The number of aromatic nitrogens is 2. The van der Waals surface area contributed by atoms with Crippen LogP contribution in [-0.2, 0) is 11.3 Å². The standard InChI is InChI=1S/C15H20N4O2.ClH/c1-10(14(16)12-7-5-4-6-8-12)15(20)19(3)9-13-17-11(2)21-18-13;/h4-8,10,14H,9,16H2,1-3H3;1H. The Hall–Kier alpha value is -1.92. The molecule has 0 aliphatic heterocycles. The van der Waals surface area contributed by atoms with Crippen molar-refractivity contribution in [1.29, 1.82) is 0 Å². The molecule has 2 N–H and O–H groups in total. The first-order valence-corrected chi connectivity index (χ1v) is 6.83. The maximum absolute atomic E-state index is 12.4. The number of aryl methyl sites for hydroxylation is 1. The summed E-state index contributed by atoms with van der Waals surface area (Å²) in [5, 5.41) is 3.79. The minimum Gasteiger partial charge on any atom is -0.340 e. The summed E-state index contributed by atoms with van der Waals surface area (Å²) in [5.41, 5.74) is 7.12. The highest BCUT2D eigenvalue weighted by atomic mass is 35.5. The first-order chi connectivity index (χ1) is 9.99. The van der Waals surface area contributed by atoms with E-state index in [1.807, 2.05) is 37.3 Å². The molecule has 0 radical (unpaired) electrons. The fourth-order valence-electron chi connectivity index (χ4n) is 2.16. The number of halogens is 1. The Bertz CT molecular complexity index is 603. The molecule has 0 fully saturated rings. The molecule has 0 spiro atoms. The van der Waals surface area contributed by atoms with Crippen LogP contribution < -0.4 is 5.73 Å². The van der Waals surface area contributed by atoms with Crippen molar-refractivity contribution in [2.75, 3.05) is 7.05 Å². The summed E-state index contributed by atoms with van der Waals surface area (Å²) in [6.45, 7) is 3.85. The summed E-state index contributed by atoms with van der Waals surface area (Å²) in [6.07, 6.45) is 0. The number of nitrogens with two attached hydrogens (primary N) is 1. The van der Waals surface area contributed by atoms with E-state index in [-0.39, 0.29) is 30.3 Å². The minimum absolute atomic E-state index is 0. The molecule has 0 saturated heterocycles. The van der Waals surface area contributed by atoms with Crippen molar-refractivity contribution >= 4 is 18.3 Å². The zero-order valence-corrected chi connectivity index (χ0v) is 13.7. The Morgan fingerprint density at radius 2 is 2.00 bits per heavy atom. The summed E-state index contributed by atoms with van der Waals surface area (Å²) >= 11 is 0. The van der Waals surface area contributed by atoms with Crippen molar-refractivity contribution < 1.29 is 9.32 Å². The van der Waals surface area contributed by atoms with Crippen molar-refractivity contribution in [2.24, 2.45) is 11.7 Å². The van der Waals surface area contributed by atoms with Gasteiger partial charge in [0.1, 0.15) is 0 Å². The number of nitrogens with zero attached hydrogens (tertiary/aromatic N) is 3. The maximum atomic E-state index is 12.4. The van der Waals surface area contributed by atoms with E-state index < -0.39 is 0 Å². The smallest absolute Gasteiger partial charge is 0.227 e. The van der Waals surface area contributed by atoms with Gasteiger partial charge in [0, 0.05) is 20.0 Å². The van der Waals surface area contributed by atoms with Crippen LogP contribution in [0.5, 0.6) is 0 Å². The first-order valence-electron chi connectivity index (χ1n) is 6.83. The monoisotopic (exact) mass is 324 g/mol. The molecule has 2 rings (SSSR count). The lowest BCUT2D eigenvalue weighted by Crippen LogP contribution is -2.36. The molecule has 2 atom stereocenters. The van der Waals surface area contributed by atoms with Gasteiger partial charge in [0.05, 0.1) is 12.5 Å². The molecule has 1 aromatic carbocycles. The van der Waals surface area contributed by atoms with Gasteiger partial charge in [-0.3, -0.25) is 4.79 Å². The van der Waals surface area contributed by atoms with Gasteiger partial charge in [-0.05, 0) is 5.56 Å². The molecule has 0 saturated carbocycles. The number of hydrogen-bond acceptors (Lipinski definition) is 5. The van der Waals surface area contributed by atoms with Crippen LogP contribution in [0.15, 0.2) is 34.9 Å². The van der Waals surface area contributed by atoms with E-state index in [4.69, 9.17) is 10.3 Å². The van der Waals surface area contributed by atoms with Gasteiger partial charge in [0.2, 0.25) is 11.8 Å². The minimum atomic E-state index is -0.340. The van der Waals surface area contributed by atoms with Crippen LogP contribution in [0.1, 0.15) is 30.2 Å². The van der Waals surface area contributed by atoms with Gasteiger partial charge in [-0.15, -0.1) is 12.4 Å². The van der Waals surface area contributed by atoms with Crippen LogP contribution in [0.2, 0.25) is 0 Å². The molecule has 0 aliphatic rings. The van der Waals surface area contributed by atoms with E-state index in [1.165, 1.54) is 0 Å². The average Bonchev–Trinajstić information content (AvgIpc) is 2.90. The van der Waals surface area contributed by atoms with Crippen LogP contribution in [-0.4, -0.2) is 28.0 Å². The Kier molecular flexibility index (Phi) is 6.52. The third kappa shape index (κ3) is 4.29. The van der Waals surface area contributed by atoms with Crippen molar-refractivity contribution in [3.8, 4) is 0 Å². The molecular weight excluding hydrogens is 304 g/mol. The molecule has 22 heavy (non-hydrogen) atoms. The molecule has 1 amide bonds. The molecule has 0 aliphatic carbocycles. The SMILES string of the molecule is Cc1nc(CN(C)C(=O)C(C)C(N)c2ccccc2)no1.Cl. The van der Waals surface area contributed by atoms with Crippen LogP contribution in [0.4, 0.5) is 0 Å². The van der Waals surface area contributed by atoms with E-state index >= 15 is 0 Å². The molecule has 2 aromatic rings. The van der Waals surface area contributed by atoms with Crippen LogP contribution in [0, 0.1) is 12.8 Å². The summed E-state index contributed by atoms with van der Waals surface area (Å²) < 4.78 is 4.90. The zero-order valence-electron chi connectivity index (χ0n) is 12.9. The molecule has 2 unspecified atom stereocenters. The zero-order chi connectivity index (χ0) is 15.4. The van der Waals surface area contributed by atoms with Gasteiger partial charge in [0.15, 0.2) is 5.82 Å². The molecule has 0 bridgehead atoms. The third-order valence-corrected chi connectivity index (χ3v) is 3.44. The summed E-state index contributed by atoms with van der Waals surface area (Å²) in [4.78, 5) is 18.1. The largest absolute Gasteiger partial charge is 0.340 e. The quantitative estimate of drug-likeness (QED) is 0.910. The number of amides is 1. The topological polar surface area (TPSA) is 85.2 Å². The van der Waals surface area contributed by atoms with Gasteiger partial charge in [-0.1, -0.05) is 42.4 Å². The Labute approximate surface area is 136 Å². The molecule has 7 heteroatoms. The molecule has 1 heterocycles. The highest BCUT2D eigenvalue weighted by Gasteiger charge is 2.25. The molecule has 120 valence electrons. The molecular formula is C15H21ClN4O2. The Morgan fingerprint density at radius 1 is 1.36 bits per heavy atom. The fraction of sp³-hybridized carbons (Fsp3) is 0.400. The third-order valence-electron chi connectivity index (χ3n) is 3.44. The Balaban J connectivity index is 0.00000242. The molecule has 6 nitrogen and oxygen atoms in total. The van der Waals surface area contributed by atoms with E-state index in [2.05, 4.69) is 10.1 Å². The van der Waals surface area contributed by atoms with E-state index in [0.717, 1.165) is 5.56 Å². The number of benzene rings is 1. The molecule has 1 aromatic heterocycles. The van der Waals surface area contributed by atoms with Gasteiger partial charge < -0.3 is 15.2 Å². The predicted molar refractivity (Wildman–Crippen MR) is 85.3 cm³/mol. The van der Waals surface area contributed by atoms with Crippen LogP contribution in [0.25, 0.3) is 0 Å². The number of carbonyl (C=O) groups excluding carboxylic acids is 1. The second-order valence-corrected chi connectivity index (χ2v) is 5.15. The Morgan fingerprint density at radius 3 is 2.55 bits per heavy atom. The normalized spacial score (nSPS) is 13.1. The van der Waals surface area contributed by atoms with Gasteiger partial charge in [0.25, 0.3) is 0 Å². The summed E-state index contributed by atoms with van der Waals surface area (Å²) in [6, 6.07) is 9.27. The lowest BCUT2D eigenvalue weighted by atomic mass is 9.94. The maximum Gasteiger partial charge on any atom is 0.227 e. The van der Waals surface area contributed by atoms with E-state index in [9.17, 15) is 4.79 Å². The second kappa shape index (κ2) is 7.91. The fourth-order valence-corrected chi connectivity index (χ4v) is 2.16. The van der Waals surface area contributed by atoms with Gasteiger partial charge >= 0.3 is 0 Å². The first kappa shape index (κ1) is 18.1. The lowest BCUT2D eigenvalue weighted by Gasteiger charge is -2.24. The van der Waals surface area contributed by atoms with Gasteiger partial charge in [-0.25, -0.2) is 0 Å². The van der Waals surface area contributed by atoms with Crippen LogP contribution in [0.3, 0.4) is 0 Å². The van der Waals surface area contributed by atoms with Crippen molar-refractivity contribution in [3.63, 3.8) is 0 Å². The average molecular weight is 325 g/mol.